The number of likely N-dealkylation sites (tertiary alicyclic amines) is 1. The number of ketones is 2. The zero-order valence-electron chi connectivity index (χ0n) is 25.1. The number of hydrogen-bond donors (Lipinski definition) is 4. The number of hydrogen-bond acceptors (Lipinski definition) is 10. The summed E-state index contributed by atoms with van der Waals surface area (Å²) in [6.07, 6.45) is -9.81. The van der Waals surface area contributed by atoms with Crippen molar-refractivity contribution in [1.29, 1.82) is 10.8 Å². The number of halogens is 6. The monoisotopic (exact) mass is 692 g/mol. The van der Waals surface area contributed by atoms with E-state index in [9.17, 15) is 45.5 Å². The Morgan fingerprint density at radius 3 is 1.88 bits per heavy atom. The second kappa shape index (κ2) is 17.0. The quantitative estimate of drug-likeness (QED) is 0.0630. The molecule has 1 aliphatic heterocycles. The summed E-state index contributed by atoms with van der Waals surface area (Å²) in [7, 11) is 0. The number of ether oxygens (including phenoxy) is 4. The summed E-state index contributed by atoms with van der Waals surface area (Å²) in [5.41, 5.74) is 6.24. The molecule has 13 nitrogen and oxygen atoms in total. The van der Waals surface area contributed by atoms with Crippen LogP contribution in [0.1, 0.15) is 35.7 Å². The van der Waals surface area contributed by atoms with Gasteiger partial charge in [-0.2, -0.15) is 26.3 Å². The van der Waals surface area contributed by atoms with Gasteiger partial charge in [0.1, 0.15) is 30.9 Å². The standard InChI is InChI=1S/C25H30N4O7.C4F6O2/c1-16(26)29-10-8-20(9-11-29)36-19-5-2-17(3-6-19)25(32)34-13-12-33-22-14-18(24(27)28)4-7-21(22)35-15-23(30)31;5-3(6,7)1(11)2(12)4(8,9)10/h2-7,14,20,26H,8-13,15H2,1H3,(H3,27,28)(H,30,31);. The number of nitrogen functional groups attached to an aromatic ring is 1. The smallest absolute Gasteiger partial charge is 0.458 e. The van der Waals surface area contributed by atoms with E-state index in [4.69, 9.17) is 40.6 Å². The molecule has 48 heavy (non-hydrogen) atoms. The van der Waals surface area contributed by atoms with E-state index in [2.05, 4.69) is 0 Å². The van der Waals surface area contributed by atoms with Gasteiger partial charge in [0, 0.05) is 31.5 Å². The molecule has 2 aromatic rings. The topological polar surface area (TPSA) is 202 Å². The molecular formula is C29H30F6N4O9. The first-order chi connectivity index (χ1) is 22.3. The maximum absolute atomic E-state index is 12.4. The molecule has 0 saturated carbocycles. The number of piperidine rings is 1. The van der Waals surface area contributed by atoms with Crippen LogP contribution < -0.4 is 19.9 Å². The van der Waals surface area contributed by atoms with Gasteiger partial charge >= 0.3 is 35.9 Å². The number of alkyl halides is 6. The molecule has 1 aliphatic rings. The summed E-state index contributed by atoms with van der Waals surface area (Å²) in [4.78, 5) is 44.4. The largest absolute Gasteiger partial charge is 0.490 e. The molecule has 5 N–H and O–H groups in total. The second-order valence-corrected chi connectivity index (χ2v) is 9.81. The minimum atomic E-state index is -5.77. The van der Waals surface area contributed by atoms with Crippen molar-refractivity contribution in [3.8, 4) is 17.2 Å². The Hall–Kier alpha value is -5.36. The highest BCUT2D eigenvalue weighted by atomic mass is 19.4. The van der Waals surface area contributed by atoms with Crippen LogP contribution in [0.2, 0.25) is 0 Å². The minimum Gasteiger partial charge on any atom is -0.490 e. The molecule has 1 saturated heterocycles. The van der Waals surface area contributed by atoms with Crippen LogP contribution in [0, 0.1) is 10.8 Å². The third-order valence-electron chi connectivity index (χ3n) is 6.21. The predicted octanol–water partition coefficient (Wildman–Crippen LogP) is 3.76. The van der Waals surface area contributed by atoms with Crippen molar-refractivity contribution >= 4 is 35.2 Å². The number of Topliss-reactive ketones (excluding diaryl/α,β-unsaturated/α-hetero) is 2. The van der Waals surface area contributed by atoms with Crippen LogP contribution in [0.3, 0.4) is 0 Å². The number of carboxylic acid groups (broad SMARTS) is 1. The fourth-order valence-electron chi connectivity index (χ4n) is 3.85. The van der Waals surface area contributed by atoms with Gasteiger partial charge in [-0.3, -0.25) is 20.4 Å². The number of aliphatic carboxylic acids is 1. The van der Waals surface area contributed by atoms with E-state index in [1.54, 1.807) is 31.2 Å². The van der Waals surface area contributed by atoms with Crippen LogP contribution in [0.25, 0.3) is 0 Å². The molecule has 0 unspecified atom stereocenters. The first-order valence-electron chi connectivity index (χ1n) is 13.7. The van der Waals surface area contributed by atoms with E-state index in [1.165, 1.54) is 18.2 Å². The molecular weight excluding hydrogens is 662 g/mol. The summed E-state index contributed by atoms with van der Waals surface area (Å²) in [5.74, 6) is -7.09. The van der Waals surface area contributed by atoms with E-state index in [1.807, 2.05) is 4.90 Å². The highest BCUT2D eigenvalue weighted by Gasteiger charge is 2.54. The summed E-state index contributed by atoms with van der Waals surface area (Å²) in [6.45, 7) is 2.71. The average Bonchev–Trinajstić information content (AvgIpc) is 3.01. The number of amidine groups is 2. The minimum absolute atomic E-state index is 0.0222. The fourth-order valence-corrected chi connectivity index (χ4v) is 3.85. The molecule has 19 heteroatoms. The van der Waals surface area contributed by atoms with Crippen molar-refractivity contribution in [2.45, 2.75) is 38.2 Å². The summed E-state index contributed by atoms with van der Waals surface area (Å²) < 4.78 is 89.0. The number of nitrogens with zero attached hydrogens (tertiary/aromatic N) is 1. The van der Waals surface area contributed by atoms with Crippen molar-refractivity contribution in [3.05, 3.63) is 53.6 Å². The molecule has 2 aromatic carbocycles. The van der Waals surface area contributed by atoms with Crippen LogP contribution >= 0.6 is 0 Å². The third kappa shape index (κ3) is 12.4. The Labute approximate surface area is 268 Å². The van der Waals surface area contributed by atoms with Crippen molar-refractivity contribution < 1.29 is 69.6 Å². The Morgan fingerprint density at radius 1 is 0.854 bits per heavy atom. The number of carbonyl (C=O) groups is 4. The average molecular weight is 693 g/mol. The maximum atomic E-state index is 12.4. The zero-order valence-corrected chi connectivity index (χ0v) is 25.1. The number of carboxylic acids is 1. The first kappa shape index (κ1) is 38.8. The van der Waals surface area contributed by atoms with Crippen molar-refractivity contribution in [2.75, 3.05) is 32.9 Å². The van der Waals surface area contributed by atoms with E-state index >= 15 is 0 Å². The molecule has 0 bridgehead atoms. The van der Waals surface area contributed by atoms with Crippen LogP contribution in [0.15, 0.2) is 42.5 Å². The normalized spacial score (nSPS) is 13.4. The molecule has 1 heterocycles. The number of esters is 1. The molecule has 0 amide bonds. The maximum Gasteiger partial charge on any atom is 0.458 e. The molecule has 0 spiro atoms. The Kier molecular flexibility index (Phi) is 13.7. The number of nitrogens with two attached hydrogens (primary N) is 1. The van der Waals surface area contributed by atoms with Gasteiger partial charge in [0.2, 0.25) is 0 Å². The van der Waals surface area contributed by atoms with E-state index < -0.39 is 42.5 Å². The fraction of sp³-hybridized carbons (Fsp3) is 0.379. The number of benzene rings is 2. The Bertz CT molecular complexity index is 1470. The van der Waals surface area contributed by atoms with E-state index in [0.717, 1.165) is 25.9 Å². The van der Waals surface area contributed by atoms with Gasteiger partial charge in [-0.15, -0.1) is 0 Å². The molecule has 262 valence electrons. The first-order valence-corrected chi connectivity index (χ1v) is 13.7. The summed E-state index contributed by atoms with van der Waals surface area (Å²) >= 11 is 0. The number of nitrogens with one attached hydrogen (secondary N) is 2. The molecule has 0 aromatic heterocycles. The Balaban J connectivity index is 0.000000567. The predicted molar refractivity (Wildman–Crippen MR) is 154 cm³/mol. The SMILES string of the molecule is CC(=N)N1CCC(Oc2ccc(C(=O)OCCOc3cc(C(=N)N)ccc3OCC(=O)O)cc2)CC1.O=C(C(=O)C(F)(F)F)C(F)(F)F. The summed E-state index contributed by atoms with van der Waals surface area (Å²) in [5, 5.41) is 24.1. The van der Waals surface area contributed by atoms with Crippen molar-refractivity contribution in [3.63, 3.8) is 0 Å². The Morgan fingerprint density at radius 2 is 1.40 bits per heavy atom. The molecule has 1 fully saturated rings. The van der Waals surface area contributed by atoms with Crippen LogP contribution in [0.4, 0.5) is 26.3 Å². The lowest BCUT2D eigenvalue weighted by molar-refractivity contribution is -0.193. The van der Waals surface area contributed by atoms with Crippen LogP contribution in [-0.2, 0) is 19.1 Å². The van der Waals surface area contributed by atoms with Gasteiger partial charge in [0.05, 0.1) is 11.4 Å². The van der Waals surface area contributed by atoms with Crippen LogP contribution in [0.5, 0.6) is 17.2 Å². The zero-order chi connectivity index (χ0) is 36.2. The van der Waals surface area contributed by atoms with Gasteiger partial charge in [0.15, 0.2) is 18.1 Å². The van der Waals surface area contributed by atoms with E-state index in [-0.39, 0.29) is 36.7 Å². The number of rotatable bonds is 12. The molecule has 3 rings (SSSR count). The van der Waals surface area contributed by atoms with Crippen molar-refractivity contribution in [1.82, 2.24) is 4.90 Å². The van der Waals surface area contributed by atoms with Gasteiger partial charge < -0.3 is 34.7 Å². The number of carbonyl (C=O) groups excluding carboxylic acids is 3. The van der Waals surface area contributed by atoms with Gasteiger partial charge in [-0.25, -0.2) is 9.59 Å². The lowest BCUT2D eigenvalue weighted by atomic mass is 10.1. The molecule has 0 aliphatic carbocycles. The van der Waals surface area contributed by atoms with E-state index in [0.29, 0.717) is 22.7 Å². The van der Waals surface area contributed by atoms with Gasteiger partial charge in [-0.1, -0.05) is 0 Å². The third-order valence-corrected chi connectivity index (χ3v) is 6.21. The highest BCUT2D eigenvalue weighted by molar-refractivity contribution is 6.41. The van der Waals surface area contributed by atoms with Crippen LogP contribution in [-0.4, -0.2) is 96.5 Å². The lowest BCUT2D eigenvalue weighted by Gasteiger charge is -2.32. The van der Waals surface area contributed by atoms with Gasteiger partial charge in [-0.05, 0) is 49.4 Å². The van der Waals surface area contributed by atoms with Crippen molar-refractivity contribution in [2.24, 2.45) is 5.73 Å². The molecule has 0 atom stereocenters. The lowest BCUT2D eigenvalue weighted by Crippen LogP contribution is -2.40. The highest BCUT2D eigenvalue weighted by Crippen LogP contribution is 2.29. The molecule has 0 radical (unpaired) electrons. The summed E-state index contributed by atoms with van der Waals surface area (Å²) in [6, 6.07) is 11.1. The second-order valence-electron chi connectivity index (χ2n) is 9.81. The van der Waals surface area contributed by atoms with Gasteiger partial charge in [0.25, 0.3) is 0 Å².